The molecule has 1 unspecified atom stereocenters. The van der Waals surface area contributed by atoms with Crippen molar-refractivity contribution in [1.82, 2.24) is 4.90 Å². The van der Waals surface area contributed by atoms with Crippen LogP contribution in [0.5, 0.6) is 0 Å². The van der Waals surface area contributed by atoms with Crippen molar-refractivity contribution in [3.05, 3.63) is 0 Å². The van der Waals surface area contributed by atoms with E-state index in [-0.39, 0.29) is 18.1 Å². The summed E-state index contributed by atoms with van der Waals surface area (Å²) in [6, 6.07) is 0. The van der Waals surface area contributed by atoms with Crippen molar-refractivity contribution >= 4 is 5.91 Å². The summed E-state index contributed by atoms with van der Waals surface area (Å²) in [4.78, 5) is 13.6. The van der Waals surface area contributed by atoms with Gasteiger partial charge in [0.05, 0.1) is 23.9 Å². The van der Waals surface area contributed by atoms with Crippen molar-refractivity contribution < 1.29 is 14.6 Å². The van der Waals surface area contributed by atoms with Crippen LogP contribution in [0.25, 0.3) is 0 Å². The van der Waals surface area contributed by atoms with Crippen LogP contribution in [0.1, 0.15) is 46.5 Å². The second kappa shape index (κ2) is 6.20. The van der Waals surface area contributed by atoms with Crippen molar-refractivity contribution in [3.8, 4) is 0 Å². The highest BCUT2D eigenvalue weighted by Gasteiger charge is 2.43. The van der Waals surface area contributed by atoms with Crippen LogP contribution >= 0.6 is 0 Å². The molecule has 0 saturated heterocycles. The van der Waals surface area contributed by atoms with Gasteiger partial charge in [-0.15, -0.1) is 0 Å². The molecule has 19 heavy (non-hydrogen) atoms. The first-order valence-corrected chi connectivity index (χ1v) is 7.00. The first kappa shape index (κ1) is 16.4. The number of ether oxygens (including phenoxy) is 1. The molecule has 1 amide bonds. The van der Waals surface area contributed by atoms with E-state index in [1.807, 2.05) is 32.7 Å². The molecule has 1 atom stereocenters. The molecule has 5 heteroatoms. The summed E-state index contributed by atoms with van der Waals surface area (Å²) in [5.74, 6) is -0.281. The Morgan fingerprint density at radius 3 is 2.37 bits per heavy atom. The number of rotatable bonds is 6. The molecule has 0 bridgehead atoms. The zero-order valence-electron chi connectivity index (χ0n) is 12.6. The largest absolute Gasteiger partial charge is 0.389 e. The Kier molecular flexibility index (Phi) is 5.35. The monoisotopic (exact) mass is 272 g/mol. The number of aliphatic hydroxyl groups excluding tert-OH is 1. The fourth-order valence-electron chi connectivity index (χ4n) is 2.67. The van der Waals surface area contributed by atoms with Gasteiger partial charge in [-0.2, -0.15) is 0 Å². The van der Waals surface area contributed by atoms with E-state index >= 15 is 0 Å². The number of hydrogen-bond acceptors (Lipinski definition) is 4. The third-order valence-corrected chi connectivity index (χ3v) is 3.81. The van der Waals surface area contributed by atoms with Crippen LogP contribution in [0.3, 0.4) is 0 Å². The zero-order valence-corrected chi connectivity index (χ0v) is 12.6. The molecule has 5 nitrogen and oxygen atoms in total. The molecule has 0 aromatic rings. The Morgan fingerprint density at radius 1 is 1.42 bits per heavy atom. The number of hydrogen-bond donors (Lipinski definition) is 2. The summed E-state index contributed by atoms with van der Waals surface area (Å²) in [5, 5.41) is 10.0. The molecule has 0 heterocycles. The van der Waals surface area contributed by atoms with E-state index in [1.54, 1.807) is 0 Å². The van der Waals surface area contributed by atoms with Crippen LogP contribution in [0.4, 0.5) is 0 Å². The minimum atomic E-state index is -0.610. The van der Waals surface area contributed by atoms with E-state index in [0.717, 1.165) is 25.7 Å². The average Bonchev–Trinajstić information content (AvgIpc) is 2.75. The highest BCUT2D eigenvalue weighted by Crippen LogP contribution is 2.34. The van der Waals surface area contributed by atoms with Gasteiger partial charge in [-0.25, -0.2) is 0 Å². The number of carbonyl (C=O) groups is 1. The lowest BCUT2D eigenvalue weighted by Gasteiger charge is -2.37. The molecule has 1 aliphatic carbocycles. The minimum absolute atomic E-state index is 0.267. The Morgan fingerprint density at radius 2 is 1.95 bits per heavy atom. The van der Waals surface area contributed by atoms with E-state index in [9.17, 15) is 9.90 Å². The van der Waals surface area contributed by atoms with Crippen LogP contribution in [0.15, 0.2) is 0 Å². The van der Waals surface area contributed by atoms with Gasteiger partial charge in [-0.3, -0.25) is 9.69 Å². The summed E-state index contributed by atoms with van der Waals surface area (Å²) in [5.41, 5.74) is 4.71. The SMILES string of the molecule is CN(CC(O)COC(C)(C)C)C1(C(N)=O)CCCC1. The normalized spacial score (nSPS) is 20.7. The molecule has 112 valence electrons. The van der Waals surface area contributed by atoms with Crippen molar-refractivity contribution in [2.24, 2.45) is 5.73 Å². The summed E-state index contributed by atoms with van der Waals surface area (Å²) >= 11 is 0. The summed E-state index contributed by atoms with van der Waals surface area (Å²) in [6.45, 7) is 6.52. The fourth-order valence-corrected chi connectivity index (χ4v) is 2.67. The van der Waals surface area contributed by atoms with Crippen LogP contribution in [-0.2, 0) is 9.53 Å². The average molecular weight is 272 g/mol. The molecule has 1 saturated carbocycles. The van der Waals surface area contributed by atoms with Gasteiger partial charge in [0.25, 0.3) is 0 Å². The van der Waals surface area contributed by atoms with Gasteiger partial charge < -0.3 is 15.6 Å². The van der Waals surface area contributed by atoms with Gasteiger partial charge in [0.1, 0.15) is 0 Å². The second-order valence-electron chi connectivity index (χ2n) is 6.56. The number of amides is 1. The Labute approximate surface area is 116 Å². The molecule has 0 spiro atoms. The summed E-state index contributed by atoms with van der Waals surface area (Å²) in [6.07, 6.45) is 2.99. The summed E-state index contributed by atoms with van der Waals surface area (Å²) in [7, 11) is 1.86. The van der Waals surface area contributed by atoms with Crippen LogP contribution in [0.2, 0.25) is 0 Å². The van der Waals surface area contributed by atoms with E-state index in [4.69, 9.17) is 10.5 Å². The number of carbonyl (C=O) groups excluding carboxylic acids is 1. The number of aliphatic hydroxyl groups is 1. The Bertz CT molecular complexity index is 306. The Balaban J connectivity index is 2.53. The molecular formula is C14H28N2O3. The maximum Gasteiger partial charge on any atom is 0.237 e. The highest BCUT2D eigenvalue weighted by molar-refractivity contribution is 5.85. The van der Waals surface area contributed by atoms with Crippen molar-refractivity contribution in [1.29, 1.82) is 0 Å². The predicted molar refractivity (Wildman–Crippen MR) is 74.7 cm³/mol. The maximum absolute atomic E-state index is 11.7. The molecule has 3 N–H and O–H groups in total. The van der Waals surface area contributed by atoms with Crippen LogP contribution in [0, 0.1) is 0 Å². The van der Waals surface area contributed by atoms with Crippen molar-refractivity contribution in [3.63, 3.8) is 0 Å². The van der Waals surface area contributed by atoms with E-state index in [0.29, 0.717) is 6.54 Å². The maximum atomic E-state index is 11.7. The predicted octanol–water partition coefficient (Wildman–Crippen LogP) is 0.892. The van der Waals surface area contributed by atoms with Gasteiger partial charge >= 0.3 is 0 Å². The number of primary amides is 1. The molecule has 1 fully saturated rings. The van der Waals surface area contributed by atoms with E-state index in [2.05, 4.69) is 0 Å². The first-order chi connectivity index (χ1) is 8.67. The fraction of sp³-hybridized carbons (Fsp3) is 0.929. The summed E-state index contributed by atoms with van der Waals surface area (Å²) < 4.78 is 5.56. The lowest BCUT2D eigenvalue weighted by atomic mass is 9.94. The first-order valence-electron chi connectivity index (χ1n) is 7.00. The van der Waals surface area contributed by atoms with Gasteiger partial charge in [0.2, 0.25) is 5.91 Å². The molecule has 0 radical (unpaired) electrons. The number of nitrogens with two attached hydrogens (primary N) is 1. The molecule has 0 aromatic heterocycles. The van der Waals surface area contributed by atoms with Gasteiger partial charge in [0, 0.05) is 6.54 Å². The minimum Gasteiger partial charge on any atom is -0.389 e. The van der Waals surface area contributed by atoms with E-state index < -0.39 is 11.6 Å². The highest BCUT2D eigenvalue weighted by atomic mass is 16.5. The lowest BCUT2D eigenvalue weighted by Crippen LogP contribution is -2.56. The zero-order chi connectivity index (χ0) is 14.7. The second-order valence-corrected chi connectivity index (χ2v) is 6.56. The quantitative estimate of drug-likeness (QED) is 0.753. The van der Waals surface area contributed by atoms with Gasteiger partial charge in [0.15, 0.2) is 0 Å². The molecule has 1 aliphatic rings. The molecule has 0 aromatic carbocycles. The van der Waals surface area contributed by atoms with Crippen LogP contribution < -0.4 is 5.73 Å². The van der Waals surface area contributed by atoms with Gasteiger partial charge in [-0.1, -0.05) is 12.8 Å². The topological polar surface area (TPSA) is 75.8 Å². The molecular weight excluding hydrogens is 244 g/mol. The van der Waals surface area contributed by atoms with Gasteiger partial charge in [-0.05, 0) is 40.7 Å². The standard InChI is InChI=1S/C14H28N2O3/c1-13(2,3)19-10-11(17)9-16(4)14(12(15)18)7-5-6-8-14/h11,17H,5-10H2,1-4H3,(H2,15,18). The lowest BCUT2D eigenvalue weighted by molar-refractivity contribution is -0.131. The Hall–Kier alpha value is -0.650. The molecule has 0 aliphatic heterocycles. The number of β-amino-alcohol motifs (C(OH)–C–C–N with tert-alkyl or cyclic N) is 1. The number of likely N-dealkylation sites (N-methyl/N-ethyl adjacent to an activating group) is 1. The number of nitrogens with zero attached hydrogens (tertiary/aromatic N) is 1. The molecule has 1 rings (SSSR count). The smallest absolute Gasteiger partial charge is 0.237 e. The van der Waals surface area contributed by atoms with Crippen LogP contribution in [-0.4, -0.2) is 53.4 Å². The third kappa shape index (κ3) is 4.44. The van der Waals surface area contributed by atoms with E-state index in [1.165, 1.54) is 0 Å². The van der Waals surface area contributed by atoms with Crippen molar-refractivity contribution in [2.45, 2.75) is 63.7 Å². The third-order valence-electron chi connectivity index (χ3n) is 3.81. The van der Waals surface area contributed by atoms with Crippen molar-refractivity contribution in [2.75, 3.05) is 20.2 Å².